The fourth-order valence-electron chi connectivity index (χ4n) is 5.91. The molecule has 1 unspecified atom stereocenters. The zero-order chi connectivity index (χ0) is 33.8. The highest BCUT2D eigenvalue weighted by Gasteiger charge is 2.27. The van der Waals surface area contributed by atoms with Crippen LogP contribution in [0.1, 0.15) is 25.3 Å². The van der Waals surface area contributed by atoms with Crippen LogP contribution < -0.4 is 26.6 Å². The molecule has 6 rings (SSSR count). The van der Waals surface area contributed by atoms with Gasteiger partial charge in [0, 0.05) is 85.3 Å². The number of nitrogens with zero attached hydrogens (tertiary/aromatic N) is 5. The van der Waals surface area contributed by atoms with Crippen molar-refractivity contribution in [3.63, 3.8) is 0 Å². The van der Waals surface area contributed by atoms with E-state index in [0.29, 0.717) is 68.3 Å². The normalized spacial score (nSPS) is 23.4. The molecule has 0 saturated carbocycles. The summed E-state index contributed by atoms with van der Waals surface area (Å²) in [5, 5.41) is 12.7. The number of benzene rings is 1. The Kier molecular flexibility index (Phi) is 9.52. The Morgan fingerprint density at radius 1 is 1.12 bits per heavy atom. The summed E-state index contributed by atoms with van der Waals surface area (Å²) in [5.41, 5.74) is 10.2. The largest absolute Gasteiger partial charge is 0.398 e. The van der Waals surface area contributed by atoms with Gasteiger partial charge >= 0.3 is 0 Å². The minimum absolute atomic E-state index is 0.101. The summed E-state index contributed by atoms with van der Waals surface area (Å²) in [5.74, 6) is -1.41. The highest BCUT2D eigenvalue weighted by molar-refractivity contribution is 6.01. The van der Waals surface area contributed by atoms with Crippen molar-refractivity contribution in [1.29, 1.82) is 0 Å². The first-order valence-corrected chi connectivity index (χ1v) is 15.9. The van der Waals surface area contributed by atoms with Gasteiger partial charge in [0.1, 0.15) is 11.9 Å². The zero-order valence-corrected chi connectivity index (χ0v) is 26.6. The lowest BCUT2D eigenvalue weighted by atomic mass is 10.0. The molecule has 4 amide bonds. The number of piperazine rings is 1. The van der Waals surface area contributed by atoms with E-state index in [2.05, 4.69) is 21.0 Å². The van der Waals surface area contributed by atoms with E-state index in [4.69, 9.17) is 5.73 Å². The monoisotopic (exact) mass is 655 g/mol. The van der Waals surface area contributed by atoms with Crippen molar-refractivity contribution in [2.45, 2.75) is 32.4 Å². The van der Waals surface area contributed by atoms with Crippen LogP contribution in [-0.4, -0.2) is 88.5 Å². The van der Waals surface area contributed by atoms with Crippen LogP contribution >= 0.6 is 0 Å². The third-order valence-electron chi connectivity index (χ3n) is 8.73. The van der Waals surface area contributed by atoms with Crippen molar-refractivity contribution in [2.75, 3.05) is 49.5 Å². The van der Waals surface area contributed by atoms with Gasteiger partial charge in [0.25, 0.3) is 5.91 Å². The molecule has 5 heterocycles. The summed E-state index contributed by atoms with van der Waals surface area (Å²) in [4.78, 5) is 54.6. The van der Waals surface area contributed by atoms with E-state index in [1.54, 1.807) is 47.1 Å². The topological polar surface area (TPSA) is 158 Å². The van der Waals surface area contributed by atoms with Crippen molar-refractivity contribution in [3.8, 4) is 0 Å². The number of fused-ring (bicyclic) bond motifs is 1. The van der Waals surface area contributed by atoms with Crippen LogP contribution in [0.25, 0.3) is 5.57 Å². The van der Waals surface area contributed by atoms with E-state index in [9.17, 15) is 19.2 Å². The summed E-state index contributed by atoms with van der Waals surface area (Å²) in [6.07, 6.45) is 15.1. The SMILES string of the molecule is C/C1=C(N)/C=C/C=C2\C=CC(c3cnn(CCNC(=O)CN4CCN(c5ccc(NC6CCC(=O)NC6=O)cc5F)CC4)c3)=CN2C1=O. The van der Waals surface area contributed by atoms with Gasteiger partial charge in [-0.15, -0.1) is 0 Å². The van der Waals surface area contributed by atoms with Crippen LogP contribution in [0, 0.1) is 5.82 Å². The Bertz CT molecular complexity index is 1780. The molecule has 1 atom stereocenters. The highest BCUT2D eigenvalue weighted by Crippen LogP contribution is 2.28. The van der Waals surface area contributed by atoms with Crippen LogP contribution in [-0.2, 0) is 25.7 Å². The van der Waals surface area contributed by atoms with E-state index in [0.717, 1.165) is 16.8 Å². The van der Waals surface area contributed by atoms with Crippen LogP contribution in [0.2, 0.25) is 0 Å². The molecule has 5 N–H and O–H groups in total. The van der Waals surface area contributed by atoms with Crippen molar-refractivity contribution >= 4 is 40.6 Å². The number of piperidine rings is 1. The molecule has 1 aromatic carbocycles. The number of carbonyl (C=O) groups is 4. The number of aromatic nitrogens is 2. The molecular formula is C34H38FN9O4. The molecule has 48 heavy (non-hydrogen) atoms. The maximum Gasteiger partial charge on any atom is 0.260 e. The number of rotatable bonds is 9. The van der Waals surface area contributed by atoms with E-state index < -0.39 is 17.8 Å². The van der Waals surface area contributed by atoms with Gasteiger partial charge in [0.05, 0.1) is 25.0 Å². The summed E-state index contributed by atoms with van der Waals surface area (Å²) in [6.45, 7) is 5.13. The minimum Gasteiger partial charge on any atom is -0.398 e. The van der Waals surface area contributed by atoms with Gasteiger partial charge < -0.3 is 21.3 Å². The van der Waals surface area contributed by atoms with Gasteiger partial charge in [-0.3, -0.25) is 39.0 Å². The van der Waals surface area contributed by atoms with Gasteiger partial charge in [-0.05, 0) is 49.8 Å². The number of hydrogen-bond acceptors (Lipinski definition) is 9. The molecule has 0 aliphatic carbocycles. The molecule has 14 heteroatoms. The molecule has 2 fully saturated rings. The van der Waals surface area contributed by atoms with E-state index in [1.807, 2.05) is 40.3 Å². The number of amides is 4. The summed E-state index contributed by atoms with van der Waals surface area (Å²) in [6, 6.07) is 4.19. The molecule has 0 radical (unpaired) electrons. The Hall–Kier alpha value is -5.50. The van der Waals surface area contributed by atoms with Gasteiger partial charge in [-0.1, -0.05) is 12.2 Å². The van der Waals surface area contributed by atoms with Crippen LogP contribution in [0.4, 0.5) is 15.8 Å². The van der Waals surface area contributed by atoms with Crippen LogP contribution in [0.15, 0.2) is 84.1 Å². The molecule has 2 aromatic rings. The molecule has 0 spiro atoms. The molecule has 0 bridgehead atoms. The minimum atomic E-state index is -0.582. The molecular weight excluding hydrogens is 617 g/mol. The lowest BCUT2D eigenvalue weighted by Gasteiger charge is -2.36. The summed E-state index contributed by atoms with van der Waals surface area (Å²) >= 11 is 0. The fourth-order valence-corrected chi connectivity index (χ4v) is 5.91. The number of anilines is 2. The molecule has 250 valence electrons. The van der Waals surface area contributed by atoms with Crippen molar-refractivity contribution in [1.82, 2.24) is 30.2 Å². The maximum absolute atomic E-state index is 15.0. The average Bonchev–Trinajstić information content (AvgIpc) is 3.54. The van der Waals surface area contributed by atoms with Gasteiger partial charge in [-0.2, -0.15) is 5.10 Å². The third-order valence-corrected chi connectivity index (χ3v) is 8.73. The first-order valence-electron chi connectivity index (χ1n) is 15.9. The molecule has 2 saturated heterocycles. The molecule has 1 aromatic heterocycles. The maximum atomic E-state index is 15.0. The second-order valence-corrected chi connectivity index (χ2v) is 12.0. The fraction of sp³-hybridized carbons (Fsp3) is 0.324. The zero-order valence-electron chi connectivity index (χ0n) is 26.6. The Morgan fingerprint density at radius 2 is 1.94 bits per heavy atom. The van der Waals surface area contributed by atoms with E-state index in [-0.39, 0.29) is 30.7 Å². The Morgan fingerprint density at radius 3 is 2.71 bits per heavy atom. The number of allylic oxidation sites excluding steroid dienone is 6. The van der Waals surface area contributed by atoms with Crippen LogP contribution in [0.5, 0.6) is 0 Å². The van der Waals surface area contributed by atoms with Crippen molar-refractivity contribution in [3.05, 3.63) is 95.5 Å². The van der Waals surface area contributed by atoms with E-state index in [1.165, 1.54) is 6.07 Å². The predicted octanol–water partition coefficient (Wildman–Crippen LogP) is 1.60. The first-order chi connectivity index (χ1) is 23.1. The number of nitrogens with one attached hydrogen (secondary N) is 3. The summed E-state index contributed by atoms with van der Waals surface area (Å²) < 4.78 is 16.8. The van der Waals surface area contributed by atoms with Crippen LogP contribution in [0.3, 0.4) is 0 Å². The van der Waals surface area contributed by atoms with E-state index >= 15 is 4.39 Å². The van der Waals surface area contributed by atoms with Crippen molar-refractivity contribution < 1.29 is 23.6 Å². The van der Waals surface area contributed by atoms with Crippen molar-refractivity contribution in [2.24, 2.45) is 5.73 Å². The number of carbonyl (C=O) groups excluding carboxylic acids is 4. The standard InChI is InChI=1S/C34H38FN9O4/c1-22-28(36)4-2-3-26-7-5-23(20-44(26)34(22)48)24-18-38-43(19-24)12-11-37-32(46)21-41-13-15-42(16-14-41)30-9-6-25(17-27(30)35)39-29-8-10-31(45)40-33(29)47/h2-7,9,17-20,29,39H,8,10-16,21,36H2,1H3,(H,37,46)(H,40,45,47)/b4-2+,26-3+,28-22+. The highest BCUT2D eigenvalue weighted by atomic mass is 19.1. The molecule has 4 aliphatic heterocycles. The van der Waals surface area contributed by atoms with Gasteiger partial charge in [0.15, 0.2) is 0 Å². The smallest absolute Gasteiger partial charge is 0.260 e. The predicted molar refractivity (Wildman–Crippen MR) is 178 cm³/mol. The molecule has 4 aliphatic rings. The lowest BCUT2D eigenvalue weighted by molar-refractivity contribution is -0.133. The second-order valence-electron chi connectivity index (χ2n) is 12.0. The average molecular weight is 656 g/mol. The van der Waals surface area contributed by atoms with Gasteiger partial charge in [0.2, 0.25) is 17.7 Å². The molecule has 13 nitrogen and oxygen atoms in total. The summed E-state index contributed by atoms with van der Waals surface area (Å²) in [7, 11) is 0. The van der Waals surface area contributed by atoms with Gasteiger partial charge in [-0.25, -0.2) is 4.39 Å². The Balaban J connectivity index is 0.941. The quantitative estimate of drug-likeness (QED) is 0.295. The number of hydrogen-bond donors (Lipinski definition) is 4. The lowest BCUT2D eigenvalue weighted by Crippen LogP contribution is -2.50. The number of halogens is 1. The Labute approximate surface area is 277 Å². The number of imide groups is 1. The first kappa shape index (κ1) is 32.4. The second kappa shape index (κ2) is 14.1. The third kappa shape index (κ3) is 7.39. The number of nitrogens with two attached hydrogens (primary N) is 1.